The minimum atomic E-state index is -4.08. The van der Waals surface area contributed by atoms with Gasteiger partial charge in [-0.15, -0.1) is 0 Å². The highest BCUT2D eigenvalue weighted by molar-refractivity contribution is 7.90. The maximum Gasteiger partial charge on any atom is 0.420 e. The zero-order valence-electron chi connectivity index (χ0n) is 46.7. The van der Waals surface area contributed by atoms with Crippen molar-refractivity contribution in [2.75, 3.05) is 48.7 Å². The highest BCUT2D eigenvalue weighted by Crippen LogP contribution is 2.30. The van der Waals surface area contributed by atoms with Gasteiger partial charge in [0.2, 0.25) is 17.7 Å². The number of aromatic nitrogens is 2. The molecule has 0 bridgehead atoms. The van der Waals surface area contributed by atoms with Gasteiger partial charge < -0.3 is 44.2 Å². The average Bonchev–Trinajstić information content (AvgIpc) is 1.87. The predicted octanol–water partition coefficient (Wildman–Crippen LogP) is 9.61. The topological polar surface area (TPSA) is 318 Å². The number of sulfonamides is 3. The summed E-state index contributed by atoms with van der Waals surface area (Å²) in [5, 5.41) is 9.37. The van der Waals surface area contributed by atoms with Gasteiger partial charge in [-0.05, 0) is 148 Å². The molecule has 30 heteroatoms. The first-order valence-corrected chi connectivity index (χ1v) is 30.3. The number of amides is 6. The quantitative estimate of drug-likeness (QED) is 0.0520. The molecule has 8 aromatic rings. The fourth-order valence-corrected chi connectivity index (χ4v) is 11.5. The summed E-state index contributed by atoms with van der Waals surface area (Å²) in [6.07, 6.45) is 1.50. The van der Waals surface area contributed by atoms with E-state index in [9.17, 15) is 67.2 Å². The van der Waals surface area contributed by atoms with Gasteiger partial charge in [-0.3, -0.25) is 14.4 Å². The van der Waals surface area contributed by atoms with Gasteiger partial charge in [-0.1, -0.05) is 24.3 Å². The second-order valence-electron chi connectivity index (χ2n) is 18.8. The molecule has 0 saturated heterocycles. The fourth-order valence-electron chi connectivity index (χ4n) is 8.74. The Kier molecular flexibility index (Phi) is 20.7. The van der Waals surface area contributed by atoms with Gasteiger partial charge >= 0.3 is 18.3 Å². The number of halogens is 3. The third-order valence-electron chi connectivity index (χ3n) is 13.1. The predicted molar refractivity (Wildman–Crippen MR) is 326 cm³/mol. The number of aryl methyl sites for hydroxylation is 1. The van der Waals surface area contributed by atoms with Gasteiger partial charge in [-0.25, -0.2) is 67.0 Å². The van der Waals surface area contributed by atoms with E-state index in [2.05, 4.69) is 30.2 Å². The van der Waals surface area contributed by atoms with Crippen LogP contribution in [0.25, 0.3) is 21.8 Å². The maximum atomic E-state index is 14.2. The lowest BCUT2D eigenvalue weighted by molar-refractivity contribution is -0.119. The van der Waals surface area contributed by atoms with Crippen molar-refractivity contribution in [3.8, 4) is 0 Å². The normalized spacial score (nSPS) is 12.7. The van der Waals surface area contributed by atoms with Crippen LogP contribution >= 0.6 is 0 Å². The molecule has 0 fully saturated rings. The van der Waals surface area contributed by atoms with E-state index in [4.69, 9.17) is 0 Å². The van der Waals surface area contributed by atoms with Crippen LogP contribution in [0.15, 0.2) is 167 Å². The van der Waals surface area contributed by atoms with Crippen molar-refractivity contribution in [3.05, 3.63) is 175 Å². The van der Waals surface area contributed by atoms with Crippen LogP contribution in [0, 0.1) is 17.5 Å². The molecule has 0 unspecified atom stereocenters. The van der Waals surface area contributed by atoms with Gasteiger partial charge in [0, 0.05) is 61.0 Å². The highest BCUT2D eigenvalue weighted by atomic mass is 32.2. The van der Waals surface area contributed by atoms with Crippen molar-refractivity contribution in [2.24, 2.45) is 0 Å². The smallest absolute Gasteiger partial charge is 0.420 e. The molecule has 470 valence electrons. The van der Waals surface area contributed by atoms with Crippen LogP contribution in [-0.4, -0.2) is 104 Å². The molecule has 87 heavy (non-hydrogen) atoms. The SMILES string of the molecule is COC(=O)NS(=O)(=O)c1ccc(NC(=O)Cn2ccc3cccc(F)c32)cc1.COC(=O)NS(=O)(=O)c1ccc(NC(=O)[C@H](C)N2CCCc3cc(F)ccc32)cc1.COC(=O)NS(=O)(=O)c1ccc(NC(=O)[C@H](C)n2ccc3cccc(F)c32)cc1.[HH].[HH].[HH].[HH].[HH].[HH]. The first-order valence-electron chi connectivity index (χ1n) is 25.8. The molecular weight excluding hydrogens is 1200 g/mol. The van der Waals surface area contributed by atoms with Crippen LogP contribution in [0.4, 0.5) is 50.3 Å². The molecule has 2 atom stereocenters. The Morgan fingerprint density at radius 1 is 0.529 bits per heavy atom. The Hall–Kier alpha value is -9.94. The molecule has 24 nitrogen and oxygen atoms in total. The van der Waals surface area contributed by atoms with Gasteiger partial charge in [0.15, 0.2) is 0 Å². The molecule has 1 aliphatic heterocycles. The summed E-state index contributed by atoms with van der Waals surface area (Å²) in [5.41, 5.74) is 3.45. The van der Waals surface area contributed by atoms with Gasteiger partial charge in [0.1, 0.15) is 36.1 Å². The number of hydrogen-bond acceptors (Lipinski definition) is 16. The van der Waals surface area contributed by atoms with E-state index in [0.717, 1.165) is 45.4 Å². The van der Waals surface area contributed by atoms with Crippen LogP contribution in [0.3, 0.4) is 0 Å². The van der Waals surface area contributed by atoms with E-state index in [1.807, 2.05) is 4.90 Å². The lowest BCUT2D eigenvalue weighted by Gasteiger charge is -2.35. The lowest BCUT2D eigenvalue weighted by Crippen LogP contribution is -2.44. The number of nitrogens with zero attached hydrogens (tertiary/aromatic N) is 3. The third kappa shape index (κ3) is 16.3. The first kappa shape index (κ1) is 64.6. The largest absolute Gasteiger partial charge is 0.452 e. The Bertz CT molecular complexity index is 4260. The second kappa shape index (κ2) is 27.8. The number of hydrogen-bond donors (Lipinski definition) is 6. The number of carbonyl (C=O) groups is 6. The maximum absolute atomic E-state index is 14.2. The van der Waals surface area contributed by atoms with E-state index < -0.39 is 83.9 Å². The van der Waals surface area contributed by atoms with Gasteiger partial charge in [0.25, 0.3) is 30.1 Å². The summed E-state index contributed by atoms with van der Waals surface area (Å²) >= 11 is 0. The number of rotatable bonds is 15. The molecule has 0 aliphatic carbocycles. The van der Waals surface area contributed by atoms with Crippen molar-refractivity contribution in [1.82, 2.24) is 23.3 Å². The number of ether oxygens (including phenoxy) is 3. The Balaban J connectivity index is 0.000000676. The van der Waals surface area contributed by atoms with Crippen molar-refractivity contribution in [2.45, 2.75) is 60.0 Å². The summed E-state index contributed by atoms with van der Waals surface area (Å²) < 4.78 is 135. The minimum absolute atomic E-state index is 0. The summed E-state index contributed by atoms with van der Waals surface area (Å²) in [6, 6.07) is 31.9. The van der Waals surface area contributed by atoms with Crippen LogP contribution < -0.4 is 35.0 Å². The zero-order chi connectivity index (χ0) is 63.4. The number of methoxy groups -OCH3 is 3. The molecule has 2 aromatic heterocycles. The van der Waals surface area contributed by atoms with Crippen LogP contribution in [0.1, 0.15) is 40.4 Å². The second-order valence-corrected chi connectivity index (χ2v) is 23.9. The number of benzene rings is 6. The Morgan fingerprint density at radius 3 is 1.43 bits per heavy atom. The fraction of sp³-hybridized carbons (Fsp3) is 0.193. The van der Waals surface area contributed by atoms with Crippen LogP contribution in [-0.2, 0) is 71.6 Å². The van der Waals surface area contributed by atoms with Crippen molar-refractivity contribution in [1.29, 1.82) is 0 Å². The molecule has 9 rings (SSSR count). The van der Waals surface area contributed by atoms with E-state index in [-0.39, 0.29) is 41.5 Å². The summed E-state index contributed by atoms with van der Waals surface area (Å²) in [4.78, 5) is 72.4. The molecule has 0 spiro atoms. The van der Waals surface area contributed by atoms with Crippen LogP contribution in [0.2, 0.25) is 0 Å². The molecule has 6 amide bonds. The average molecular weight is 1270 g/mol. The first-order chi connectivity index (χ1) is 41.2. The zero-order valence-corrected chi connectivity index (χ0v) is 49.2. The number of fused-ring (bicyclic) bond motifs is 3. The Morgan fingerprint density at radius 2 is 0.954 bits per heavy atom. The van der Waals surface area contributed by atoms with Crippen molar-refractivity contribution < 1.29 is 90.0 Å². The molecule has 1 aliphatic rings. The van der Waals surface area contributed by atoms with Crippen molar-refractivity contribution >= 4 is 111 Å². The third-order valence-corrected chi connectivity index (χ3v) is 17.1. The number of para-hydroxylation sites is 2. The molecule has 0 saturated carbocycles. The van der Waals surface area contributed by atoms with Crippen molar-refractivity contribution in [3.63, 3.8) is 0 Å². The van der Waals surface area contributed by atoms with E-state index in [1.165, 1.54) is 106 Å². The van der Waals surface area contributed by atoms with Crippen LogP contribution in [0.5, 0.6) is 0 Å². The molecule has 6 aromatic carbocycles. The number of carbonyl (C=O) groups excluding carboxylic acids is 6. The highest BCUT2D eigenvalue weighted by Gasteiger charge is 2.28. The molecule has 3 heterocycles. The summed E-state index contributed by atoms with van der Waals surface area (Å²) in [7, 11) is -9.07. The lowest BCUT2D eigenvalue weighted by atomic mass is 10.00. The van der Waals surface area contributed by atoms with Gasteiger partial charge in [0.05, 0.1) is 47.0 Å². The van der Waals surface area contributed by atoms with E-state index in [1.54, 1.807) is 82.9 Å². The molecule has 6 N–H and O–H groups in total. The van der Waals surface area contributed by atoms with E-state index >= 15 is 0 Å². The monoisotopic (exact) mass is 1270 g/mol. The summed E-state index contributed by atoms with van der Waals surface area (Å²) in [6.45, 7) is 3.94. The van der Waals surface area contributed by atoms with E-state index in [0.29, 0.717) is 45.4 Å². The number of nitrogens with one attached hydrogen (secondary N) is 6. The molecular formula is C57H68F3N9O15S3. The summed E-state index contributed by atoms with van der Waals surface area (Å²) in [5.74, 6) is -2.26. The van der Waals surface area contributed by atoms with Gasteiger partial charge in [-0.2, -0.15) is 0 Å². The standard InChI is InChI=1S/C20H22FN3O5S.C19H18FN3O5S.C18H16FN3O5S.6H2/c1-13(24-11-3-4-14-12-15(21)5-10-18(14)24)19(25)22-16-6-8-17(9-7-16)30(27,28)23-20(26)29-2;1-12(23-11-10-13-4-3-5-16(20)17(13)23)18(24)21-14-6-8-15(9-7-14)29(26,27)22-19(25)28-2;1-27-18(24)21-28(25,26)14-7-5-13(6-8-14)20-16(23)11-22-10-9-12-3-2-4-15(19)17(12)22;;;;;;/h5-10,12-13H,3-4,11H2,1-2H3,(H,22,25)(H,23,26);3-12H,1-2H3,(H,21,24)(H,22,25);2-10H,11H2,1H3,(H,20,23)(H,21,24);6*1H/t13-;12-;;;;;;;/m00......./s1. The number of anilines is 4. The Labute approximate surface area is 505 Å². The molecule has 0 radical (unpaired) electrons. The minimum Gasteiger partial charge on any atom is -0.452 e.